The second-order valence-electron chi connectivity index (χ2n) is 3.40. The molecule has 0 bridgehead atoms. The molecule has 0 saturated heterocycles. The smallest absolute Gasteiger partial charge is 0.274 e. The number of pyridine rings is 1. The monoisotopic (exact) mass is 376 g/mol. The van der Waals surface area contributed by atoms with E-state index in [4.69, 9.17) is 11.6 Å². The van der Waals surface area contributed by atoms with E-state index in [1.807, 2.05) is 22.6 Å². The summed E-state index contributed by atoms with van der Waals surface area (Å²) in [6, 6.07) is 9.21. The largest absolute Gasteiger partial charge is 0.320 e. The summed E-state index contributed by atoms with van der Waals surface area (Å²) in [7, 11) is 0. The summed E-state index contributed by atoms with van der Waals surface area (Å²) in [5, 5.41) is 2.82. The quantitative estimate of drug-likeness (QED) is 0.641. The minimum absolute atomic E-state index is 0.183. The highest BCUT2D eigenvalue weighted by molar-refractivity contribution is 14.1. The second-order valence-corrected chi connectivity index (χ2v) is 4.87. The first-order valence-corrected chi connectivity index (χ1v) is 6.41. The zero-order valence-corrected chi connectivity index (χ0v) is 11.9. The summed E-state index contributed by atoms with van der Waals surface area (Å²) in [6.07, 6.45) is 0. The Hall–Kier alpha value is -1.21. The number of benzene rings is 1. The molecule has 2 rings (SSSR count). The molecule has 0 radical (unpaired) electrons. The fourth-order valence-corrected chi connectivity index (χ4v) is 1.98. The van der Waals surface area contributed by atoms with Crippen molar-refractivity contribution in [1.82, 2.24) is 4.98 Å². The van der Waals surface area contributed by atoms with Gasteiger partial charge >= 0.3 is 0 Å². The summed E-state index contributed by atoms with van der Waals surface area (Å²) in [6.45, 7) is 0. The highest BCUT2D eigenvalue weighted by Gasteiger charge is 2.11. The number of nitrogens with zero attached hydrogens (tertiary/aromatic N) is 1. The topological polar surface area (TPSA) is 42.0 Å². The summed E-state index contributed by atoms with van der Waals surface area (Å²) < 4.78 is 13.7. The van der Waals surface area contributed by atoms with Gasteiger partial charge in [0.25, 0.3) is 5.91 Å². The van der Waals surface area contributed by atoms with Crippen molar-refractivity contribution in [2.24, 2.45) is 0 Å². The van der Waals surface area contributed by atoms with Crippen molar-refractivity contribution < 1.29 is 9.18 Å². The van der Waals surface area contributed by atoms with Crippen LogP contribution in [0.2, 0.25) is 5.15 Å². The van der Waals surface area contributed by atoms with Crippen LogP contribution in [-0.2, 0) is 0 Å². The van der Waals surface area contributed by atoms with E-state index >= 15 is 0 Å². The number of rotatable bonds is 2. The number of aromatic nitrogens is 1. The molecule has 0 fully saturated rings. The highest BCUT2D eigenvalue weighted by atomic mass is 127. The number of anilines is 1. The summed E-state index contributed by atoms with van der Waals surface area (Å²) in [5.74, 6) is -0.812. The Morgan fingerprint density at radius 2 is 2.00 bits per heavy atom. The molecule has 1 N–H and O–H groups in total. The Kier molecular flexibility index (Phi) is 4.13. The normalized spacial score (nSPS) is 10.2. The predicted octanol–water partition coefficient (Wildman–Crippen LogP) is 3.73. The molecule has 2 aromatic rings. The lowest BCUT2D eigenvalue weighted by Crippen LogP contribution is -2.14. The van der Waals surface area contributed by atoms with Gasteiger partial charge in [-0.1, -0.05) is 23.7 Å². The summed E-state index contributed by atoms with van der Waals surface area (Å²) >= 11 is 7.52. The zero-order valence-electron chi connectivity index (χ0n) is 8.95. The Balaban J connectivity index is 2.24. The molecule has 1 amide bonds. The molecule has 0 aliphatic heterocycles. The van der Waals surface area contributed by atoms with Crippen molar-refractivity contribution in [3.8, 4) is 0 Å². The number of halogens is 3. The lowest BCUT2D eigenvalue weighted by molar-refractivity contribution is 0.102. The zero-order chi connectivity index (χ0) is 13.1. The molecule has 92 valence electrons. The fourth-order valence-electron chi connectivity index (χ4n) is 1.32. The fraction of sp³-hybridized carbons (Fsp3) is 0. The number of amides is 1. The van der Waals surface area contributed by atoms with Crippen LogP contribution < -0.4 is 5.32 Å². The molecule has 0 atom stereocenters. The molecule has 0 saturated carbocycles. The molecule has 1 aromatic carbocycles. The maximum atomic E-state index is 13.3. The van der Waals surface area contributed by atoms with E-state index in [1.165, 1.54) is 18.2 Å². The van der Waals surface area contributed by atoms with Gasteiger partial charge < -0.3 is 5.32 Å². The van der Waals surface area contributed by atoms with E-state index in [9.17, 15) is 9.18 Å². The summed E-state index contributed by atoms with van der Waals surface area (Å²) in [5.41, 5.74) is 0.588. The van der Waals surface area contributed by atoms with Gasteiger partial charge in [-0.25, -0.2) is 9.37 Å². The van der Waals surface area contributed by atoms with Gasteiger partial charge in [-0.15, -0.1) is 0 Å². The molecule has 1 heterocycles. The van der Waals surface area contributed by atoms with Gasteiger partial charge in [0.15, 0.2) is 0 Å². The third-order valence-electron chi connectivity index (χ3n) is 2.15. The molecule has 1 aromatic heterocycles. The van der Waals surface area contributed by atoms with Gasteiger partial charge in [0.05, 0.1) is 9.26 Å². The van der Waals surface area contributed by atoms with Crippen LogP contribution in [0.25, 0.3) is 0 Å². The number of carbonyl (C=O) groups excluding carboxylic acids is 1. The molecule has 0 spiro atoms. The van der Waals surface area contributed by atoms with Crippen LogP contribution in [0.1, 0.15) is 10.5 Å². The predicted molar refractivity (Wildman–Crippen MR) is 76.3 cm³/mol. The lowest BCUT2D eigenvalue weighted by Gasteiger charge is -2.07. The van der Waals surface area contributed by atoms with E-state index in [-0.39, 0.29) is 16.7 Å². The Morgan fingerprint density at radius 3 is 2.72 bits per heavy atom. The molecular formula is C12H7ClFIN2O. The molecule has 0 aliphatic carbocycles. The number of hydrogen-bond acceptors (Lipinski definition) is 2. The van der Waals surface area contributed by atoms with Gasteiger partial charge in [0.2, 0.25) is 0 Å². The van der Waals surface area contributed by atoms with Crippen LogP contribution in [0, 0.1) is 9.39 Å². The van der Waals surface area contributed by atoms with Crippen molar-refractivity contribution in [2.75, 3.05) is 5.32 Å². The van der Waals surface area contributed by atoms with Gasteiger partial charge in [0, 0.05) is 0 Å². The van der Waals surface area contributed by atoms with Crippen LogP contribution in [0.5, 0.6) is 0 Å². The average molecular weight is 377 g/mol. The number of hydrogen-bond donors (Lipinski definition) is 1. The van der Waals surface area contributed by atoms with Crippen molar-refractivity contribution in [3.63, 3.8) is 0 Å². The molecule has 3 nitrogen and oxygen atoms in total. The van der Waals surface area contributed by atoms with Crippen molar-refractivity contribution >= 4 is 45.8 Å². The maximum absolute atomic E-state index is 13.3. The minimum atomic E-state index is -0.430. The van der Waals surface area contributed by atoms with E-state index in [0.29, 0.717) is 9.26 Å². The summed E-state index contributed by atoms with van der Waals surface area (Å²) in [4.78, 5) is 15.8. The highest BCUT2D eigenvalue weighted by Crippen LogP contribution is 2.21. The first-order chi connectivity index (χ1) is 8.58. The van der Waals surface area contributed by atoms with E-state index < -0.39 is 5.91 Å². The first-order valence-electron chi connectivity index (χ1n) is 4.96. The van der Waals surface area contributed by atoms with Gasteiger partial charge in [-0.05, 0) is 46.9 Å². The number of carbonyl (C=O) groups is 1. The third-order valence-corrected chi connectivity index (χ3v) is 3.45. The van der Waals surface area contributed by atoms with Gasteiger partial charge in [-0.3, -0.25) is 4.79 Å². The molecule has 6 heteroatoms. The second kappa shape index (κ2) is 5.62. The molecule has 18 heavy (non-hydrogen) atoms. The van der Waals surface area contributed by atoms with Crippen LogP contribution in [0.15, 0.2) is 36.4 Å². The van der Waals surface area contributed by atoms with E-state index in [0.717, 1.165) is 0 Å². The van der Waals surface area contributed by atoms with Crippen molar-refractivity contribution in [2.45, 2.75) is 0 Å². The Labute approximate surface area is 122 Å². The minimum Gasteiger partial charge on any atom is -0.320 e. The Morgan fingerprint density at radius 1 is 1.28 bits per heavy atom. The SMILES string of the molecule is O=C(Nc1cccc(F)c1I)c1cccc(Cl)n1. The number of nitrogens with one attached hydrogen (secondary N) is 1. The molecule has 0 aliphatic rings. The standard InChI is InChI=1S/C12H7ClFIN2O/c13-10-6-2-5-9(16-10)12(18)17-8-4-1-3-7(14)11(8)15/h1-6H,(H,17,18). The molecule has 0 unspecified atom stereocenters. The van der Waals surface area contributed by atoms with Crippen LogP contribution >= 0.6 is 34.2 Å². The van der Waals surface area contributed by atoms with Crippen LogP contribution in [0.4, 0.5) is 10.1 Å². The van der Waals surface area contributed by atoms with Gasteiger partial charge in [-0.2, -0.15) is 0 Å². The Bertz CT molecular complexity index is 606. The van der Waals surface area contributed by atoms with Crippen LogP contribution in [0.3, 0.4) is 0 Å². The molecular weight excluding hydrogens is 370 g/mol. The van der Waals surface area contributed by atoms with Crippen LogP contribution in [-0.4, -0.2) is 10.9 Å². The van der Waals surface area contributed by atoms with E-state index in [2.05, 4.69) is 10.3 Å². The maximum Gasteiger partial charge on any atom is 0.274 e. The van der Waals surface area contributed by atoms with E-state index in [1.54, 1.807) is 18.2 Å². The van der Waals surface area contributed by atoms with Crippen molar-refractivity contribution in [1.29, 1.82) is 0 Å². The lowest BCUT2D eigenvalue weighted by atomic mass is 10.3. The van der Waals surface area contributed by atoms with Gasteiger partial charge in [0.1, 0.15) is 16.7 Å². The third kappa shape index (κ3) is 2.97. The van der Waals surface area contributed by atoms with Crippen molar-refractivity contribution in [3.05, 3.63) is 56.6 Å². The first kappa shape index (κ1) is 13.2. The average Bonchev–Trinajstić information content (AvgIpc) is 2.35.